The highest BCUT2D eigenvalue weighted by atomic mass is 16.5. The van der Waals surface area contributed by atoms with Gasteiger partial charge in [-0.05, 0) is 50.7 Å². The third-order valence-corrected chi connectivity index (χ3v) is 5.44. The van der Waals surface area contributed by atoms with Crippen molar-refractivity contribution in [3.63, 3.8) is 0 Å². The van der Waals surface area contributed by atoms with Crippen LogP contribution in [-0.2, 0) is 14.3 Å². The Kier molecular flexibility index (Phi) is 6.67. The second-order valence-corrected chi connectivity index (χ2v) is 7.75. The maximum Gasteiger partial charge on any atom is 0.251 e. The van der Waals surface area contributed by atoms with Gasteiger partial charge in [0.25, 0.3) is 5.91 Å². The Balaban J connectivity index is 1.65. The zero-order valence-electron chi connectivity index (χ0n) is 16.6. The van der Waals surface area contributed by atoms with Gasteiger partial charge < -0.3 is 20.3 Å². The predicted molar refractivity (Wildman–Crippen MR) is 105 cm³/mol. The number of methoxy groups -OCH3 is 1. The normalized spacial score (nSPS) is 18.4. The van der Waals surface area contributed by atoms with Crippen LogP contribution < -0.4 is 10.6 Å². The topological polar surface area (TPSA) is 87.7 Å². The van der Waals surface area contributed by atoms with Crippen molar-refractivity contribution < 1.29 is 19.1 Å². The average molecular weight is 387 g/mol. The minimum absolute atomic E-state index is 0.000238. The second kappa shape index (κ2) is 9.19. The number of likely N-dealkylation sites (tertiary alicyclic amines) is 1. The first-order valence-electron chi connectivity index (χ1n) is 9.92. The number of aryl methyl sites for hydroxylation is 1. The highest BCUT2D eigenvalue weighted by Gasteiger charge is 2.36. The lowest BCUT2D eigenvalue weighted by Crippen LogP contribution is -2.54. The number of rotatable bonds is 7. The Morgan fingerprint density at radius 2 is 1.75 bits per heavy atom. The summed E-state index contributed by atoms with van der Waals surface area (Å²) in [5.74, 6) is -0.401. The molecule has 1 aliphatic heterocycles. The van der Waals surface area contributed by atoms with Gasteiger partial charge in [-0.2, -0.15) is 0 Å². The quantitative estimate of drug-likeness (QED) is 0.737. The van der Waals surface area contributed by atoms with Crippen molar-refractivity contribution in [3.8, 4) is 0 Å². The lowest BCUT2D eigenvalue weighted by molar-refractivity contribution is -0.136. The van der Waals surface area contributed by atoms with Gasteiger partial charge >= 0.3 is 0 Å². The molecule has 1 saturated heterocycles. The van der Waals surface area contributed by atoms with E-state index in [1.54, 1.807) is 17.0 Å². The number of hydrogen-bond donors (Lipinski definition) is 2. The number of piperidine rings is 1. The smallest absolute Gasteiger partial charge is 0.251 e. The maximum atomic E-state index is 12.8. The van der Waals surface area contributed by atoms with Gasteiger partial charge in [-0.25, -0.2) is 0 Å². The molecule has 2 aliphatic rings. The van der Waals surface area contributed by atoms with Gasteiger partial charge in [0, 0.05) is 31.8 Å². The van der Waals surface area contributed by atoms with Crippen LogP contribution in [0.1, 0.15) is 41.6 Å². The van der Waals surface area contributed by atoms with Gasteiger partial charge in [0.05, 0.1) is 0 Å². The monoisotopic (exact) mass is 387 g/mol. The van der Waals surface area contributed by atoms with Crippen molar-refractivity contribution in [1.29, 1.82) is 0 Å². The van der Waals surface area contributed by atoms with Crippen LogP contribution >= 0.6 is 0 Å². The molecule has 1 unspecified atom stereocenters. The molecule has 7 nitrogen and oxygen atoms in total. The second-order valence-electron chi connectivity index (χ2n) is 7.75. The highest BCUT2D eigenvalue weighted by molar-refractivity contribution is 5.97. The van der Waals surface area contributed by atoms with E-state index in [-0.39, 0.29) is 36.3 Å². The van der Waals surface area contributed by atoms with E-state index in [2.05, 4.69) is 10.6 Å². The number of nitrogens with zero attached hydrogens (tertiary/aromatic N) is 1. The standard InChI is InChI=1S/C21H29N3O4/c1-14-3-5-16(6-4-14)20(26)23-19(21(27)22-17-7-8-17)15-9-11-24(12-10-15)18(25)13-28-2/h3-6,15,17,19H,7-13H2,1-2H3,(H,22,27)(H,23,26). The number of hydrogen-bond acceptors (Lipinski definition) is 4. The molecule has 3 amide bonds. The van der Waals surface area contributed by atoms with Gasteiger partial charge in [0.1, 0.15) is 12.6 Å². The Labute approximate surface area is 165 Å². The molecule has 1 atom stereocenters. The number of ether oxygens (including phenoxy) is 1. The summed E-state index contributed by atoms with van der Waals surface area (Å²) in [4.78, 5) is 39.3. The molecule has 1 aliphatic carbocycles. The highest BCUT2D eigenvalue weighted by Crippen LogP contribution is 2.24. The summed E-state index contributed by atoms with van der Waals surface area (Å²) in [6.07, 6.45) is 3.33. The molecular formula is C21H29N3O4. The van der Waals surface area contributed by atoms with Crippen LogP contribution in [0.5, 0.6) is 0 Å². The number of benzene rings is 1. The maximum absolute atomic E-state index is 12.8. The van der Waals surface area contributed by atoms with E-state index in [9.17, 15) is 14.4 Å². The first-order valence-corrected chi connectivity index (χ1v) is 9.92. The third-order valence-electron chi connectivity index (χ3n) is 5.44. The van der Waals surface area contributed by atoms with E-state index in [1.807, 2.05) is 19.1 Å². The summed E-state index contributed by atoms with van der Waals surface area (Å²) in [5.41, 5.74) is 1.62. The SMILES string of the molecule is COCC(=O)N1CCC(C(NC(=O)c2ccc(C)cc2)C(=O)NC2CC2)CC1. The summed E-state index contributed by atoms with van der Waals surface area (Å²) < 4.78 is 4.92. The van der Waals surface area contributed by atoms with E-state index in [0.29, 0.717) is 31.5 Å². The van der Waals surface area contributed by atoms with Crippen LogP contribution in [0.2, 0.25) is 0 Å². The average Bonchev–Trinajstić information content (AvgIpc) is 3.50. The molecule has 0 aromatic heterocycles. The number of nitrogens with one attached hydrogen (secondary N) is 2. The van der Waals surface area contributed by atoms with E-state index < -0.39 is 6.04 Å². The minimum atomic E-state index is -0.589. The van der Waals surface area contributed by atoms with Crippen LogP contribution in [-0.4, -0.2) is 61.5 Å². The lowest BCUT2D eigenvalue weighted by Gasteiger charge is -2.35. The predicted octanol–water partition coefficient (Wildman–Crippen LogP) is 1.26. The van der Waals surface area contributed by atoms with Crippen LogP contribution in [0.25, 0.3) is 0 Å². The van der Waals surface area contributed by atoms with Gasteiger partial charge in [-0.1, -0.05) is 17.7 Å². The summed E-state index contributed by atoms with van der Waals surface area (Å²) in [6, 6.07) is 6.95. The number of carbonyl (C=O) groups is 3. The molecular weight excluding hydrogens is 358 g/mol. The van der Waals surface area contributed by atoms with Gasteiger partial charge in [-0.3, -0.25) is 14.4 Å². The molecule has 1 aromatic carbocycles. The van der Waals surface area contributed by atoms with Crippen molar-refractivity contribution in [2.75, 3.05) is 26.8 Å². The van der Waals surface area contributed by atoms with Crippen LogP contribution in [0, 0.1) is 12.8 Å². The van der Waals surface area contributed by atoms with Gasteiger partial charge in [0.2, 0.25) is 11.8 Å². The van der Waals surface area contributed by atoms with Crippen LogP contribution in [0.15, 0.2) is 24.3 Å². The van der Waals surface area contributed by atoms with Crippen molar-refractivity contribution in [3.05, 3.63) is 35.4 Å². The summed E-state index contributed by atoms with van der Waals surface area (Å²) >= 11 is 0. The minimum Gasteiger partial charge on any atom is -0.375 e. The first-order chi connectivity index (χ1) is 13.5. The zero-order valence-corrected chi connectivity index (χ0v) is 16.6. The van der Waals surface area contributed by atoms with E-state index >= 15 is 0 Å². The molecule has 3 rings (SSSR count). The molecule has 152 valence electrons. The molecule has 7 heteroatoms. The largest absolute Gasteiger partial charge is 0.375 e. The van der Waals surface area contributed by atoms with Crippen LogP contribution in [0.4, 0.5) is 0 Å². The lowest BCUT2D eigenvalue weighted by atomic mass is 9.88. The molecule has 1 aromatic rings. The van der Waals surface area contributed by atoms with Crippen molar-refractivity contribution in [1.82, 2.24) is 15.5 Å². The van der Waals surface area contributed by atoms with Crippen molar-refractivity contribution in [2.24, 2.45) is 5.92 Å². The zero-order chi connectivity index (χ0) is 20.1. The molecule has 2 fully saturated rings. The van der Waals surface area contributed by atoms with E-state index in [1.165, 1.54) is 7.11 Å². The summed E-state index contributed by atoms with van der Waals surface area (Å²) in [6.45, 7) is 3.17. The van der Waals surface area contributed by atoms with E-state index in [0.717, 1.165) is 18.4 Å². The molecule has 0 bridgehead atoms. The van der Waals surface area contributed by atoms with Crippen LogP contribution in [0.3, 0.4) is 0 Å². The molecule has 2 N–H and O–H groups in total. The molecule has 0 spiro atoms. The fourth-order valence-electron chi connectivity index (χ4n) is 3.54. The summed E-state index contributed by atoms with van der Waals surface area (Å²) in [7, 11) is 1.50. The Bertz CT molecular complexity index is 707. The third kappa shape index (κ3) is 5.32. The van der Waals surface area contributed by atoms with Crippen molar-refractivity contribution in [2.45, 2.75) is 44.7 Å². The molecule has 1 saturated carbocycles. The molecule has 28 heavy (non-hydrogen) atoms. The Morgan fingerprint density at radius 3 is 2.32 bits per heavy atom. The molecule has 1 heterocycles. The number of amides is 3. The van der Waals surface area contributed by atoms with E-state index in [4.69, 9.17) is 4.74 Å². The first kappa shape index (κ1) is 20.3. The van der Waals surface area contributed by atoms with Crippen molar-refractivity contribution >= 4 is 17.7 Å². The van der Waals surface area contributed by atoms with Gasteiger partial charge in [-0.15, -0.1) is 0 Å². The Morgan fingerprint density at radius 1 is 1.11 bits per heavy atom. The van der Waals surface area contributed by atoms with Gasteiger partial charge in [0.15, 0.2) is 0 Å². The number of carbonyl (C=O) groups excluding carboxylic acids is 3. The fourth-order valence-corrected chi connectivity index (χ4v) is 3.54. The Hall–Kier alpha value is -2.41. The summed E-state index contributed by atoms with van der Waals surface area (Å²) in [5, 5.41) is 5.96. The fraction of sp³-hybridized carbons (Fsp3) is 0.571. The molecule has 0 radical (unpaired) electrons.